The second-order valence-corrected chi connectivity index (χ2v) is 5.72. The van der Waals surface area contributed by atoms with Gasteiger partial charge in [0.05, 0.1) is 6.10 Å². The number of aromatic nitrogens is 3. The van der Waals surface area contributed by atoms with E-state index in [2.05, 4.69) is 15.3 Å². The van der Waals surface area contributed by atoms with Crippen LogP contribution in [0, 0.1) is 0 Å². The molecule has 0 saturated heterocycles. The number of hydrogen-bond donors (Lipinski definition) is 2. The van der Waals surface area contributed by atoms with E-state index in [0.717, 1.165) is 25.7 Å². The summed E-state index contributed by atoms with van der Waals surface area (Å²) < 4.78 is 6.97. The van der Waals surface area contributed by atoms with Gasteiger partial charge in [0.1, 0.15) is 23.6 Å². The number of rotatable bonds is 4. The van der Waals surface area contributed by atoms with Crippen LogP contribution in [0.4, 0.5) is 0 Å². The van der Waals surface area contributed by atoms with E-state index in [9.17, 15) is 9.90 Å². The zero-order chi connectivity index (χ0) is 16.2. The molecule has 1 aliphatic rings. The molecule has 7 heteroatoms. The maximum Gasteiger partial charge on any atom is 0.270 e. The van der Waals surface area contributed by atoms with Crippen LogP contribution < -0.4 is 5.32 Å². The van der Waals surface area contributed by atoms with E-state index in [0.29, 0.717) is 5.82 Å². The Morgan fingerprint density at radius 2 is 2.13 bits per heavy atom. The first kappa shape index (κ1) is 15.5. The Labute approximate surface area is 134 Å². The lowest BCUT2D eigenvalue weighted by Crippen LogP contribution is -2.39. The smallest absolute Gasteiger partial charge is 0.270 e. The van der Waals surface area contributed by atoms with Crippen LogP contribution in [-0.4, -0.2) is 44.8 Å². The maximum absolute atomic E-state index is 12.4. The molecule has 0 aliphatic heterocycles. The molecule has 2 aromatic rings. The van der Waals surface area contributed by atoms with Crippen molar-refractivity contribution in [3.63, 3.8) is 0 Å². The fourth-order valence-corrected chi connectivity index (χ4v) is 2.85. The number of methoxy groups -OCH3 is 1. The third-order valence-corrected chi connectivity index (χ3v) is 4.14. The van der Waals surface area contributed by atoms with Crippen molar-refractivity contribution in [2.24, 2.45) is 0 Å². The van der Waals surface area contributed by atoms with E-state index in [1.165, 1.54) is 12.1 Å². The number of aromatic hydroxyl groups is 1. The van der Waals surface area contributed by atoms with E-state index in [1.807, 2.05) is 0 Å². The predicted molar refractivity (Wildman–Crippen MR) is 83.5 cm³/mol. The van der Waals surface area contributed by atoms with Crippen molar-refractivity contribution in [1.29, 1.82) is 0 Å². The molecular formula is C16H20N4O3. The van der Waals surface area contributed by atoms with Gasteiger partial charge in [-0.05, 0) is 25.7 Å². The number of nitrogens with zero attached hydrogens (tertiary/aromatic N) is 3. The van der Waals surface area contributed by atoms with Gasteiger partial charge in [-0.1, -0.05) is 0 Å². The Balaban J connectivity index is 1.70. The summed E-state index contributed by atoms with van der Waals surface area (Å²) in [6.07, 6.45) is 8.82. The molecular weight excluding hydrogens is 296 g/mol. The third kappa shape index (κ3) is 3.68. The van der Waals surface area contributed by atoms with E-state index in [4.69, 9.17) is 4.74 Å². The first-order valence-corrected chi connectivity index (χ1v) is 7.68. The molecule has 7 nitrogen and oxygen atoms in total. The maximum atomic E-state index is 12.4. The van der Waals surface area contributed by atoms with Crippen LogP contribution in [0.15, 0.2) is 30.9 Å². The molecule has 0 bridgehead atoms. The van der Waals surface area contributed by atoms with E-state index < -0.39 is 0 Å². The number of ether oxygens (including phenoxy) is 1. The minimum absolute atomic E-state index is 0.00283. The molecule has 122 valence electrons. The van der Waals surface area contributed by atoms with Crippen molar-refractivity contribution in [1.82, 2.24) is 19.9 Å². The van der Waals surface area contributed by atoms with Gasteiger partial charge in [-0.15, -0.1) is 0 Å². The monoisotopic (exact) mass is 316 g/mol. The molecule has 0 atom stereocenters. The molecule has 0 aromatic carbocycles. The van der Waals surface area contributed by atoms with Gasteiger partial charge in [0, 0.05) is 37.7 Å². The second kappa shape index (κ2) is 6.78. The van der Waals surface area contributed by atoms with Crippen molar-refractivity contribution in [2.75, 3.05) is 7.11 Å². The molecule has 2 N–H and O–H groups in total. The quantitative estimate of drug-likeness (QED) is 0.895. The highest BCUT2D eigenvalue weighted by Crippen LogP contribution is 2.21. The highest BCUT2D eigenvalue weighted by molar-refractivity contribution is 5.93. The van der Waals surface area contributed by atoms with Crippen molar-refractivity contribution in [3.05, 3.63) is 36.5 Å². The number of carbonyl (C=O) groups excluding carboxylic acids is 1. The molecule has 1 aliphatic carbocycles. The Morgan fingerprint density at radius 1 is 1.35 bits per heavy atom. The summed E-state index contributed by atoms with van der Waals surface area (Å²) in [6, 6.07) is 2.98. The van der Waals surface area contributed by atoms with Crippen molar-refractivity contribution >= 4 is 5.91 Å². The van der Waals surface area contributed by atoms with Gasteiger partial charge in [0.25, 0.3) is 5.91 Å². The molecule has 2 heterocycles. The molecule has 3 rings (SSSR count). The van der Waals surface area contributed by atoms with Crippen LogP contribution in [0.5, 0.6) is 5.75 Å². The van der Waals surface area contributed by atoms with Crippen molar-refractivity contribution in [3.8, 4) is 11.6 Å². The van der Waals surface area contributed by atoms with Gasteiger partial charge in [0.15, 0.2) is 0 Å². The summed E-state index contributed by atoms with van der Waals surface area (Å²) in [4.78, 5) is 20.6. The Hall–Kier alpha value is -2.41. The SMILES string of the molecule is COC1CCC(NC(=O)c2cc(O)cc(-n3ccnc3)n2)CC1. The third-order valence-electron chi connectivity index (χ3n) is 4.14. The molecule has 2 aromatic heterocycles. The van der Waals surface area contributed by atoms with Gasteiger partial charge in [-0.25, -0.2) is 9.97 Å². The van der Waals surface area contributed by atoms with Crippen molar-refractivity contribution in [2.45, 2.75) is 37.8 Å². The Morgan fingerprint density at radius 3 is 2.78 bits per heavy atom. The molecule has 1 saturated carbocycles. The van der Waals surface area contributed by atoms with Gasteiger partial charge < -0.3 is 15.2 Å². The van der Waals surface area contributed by atoms with Crippen LogP contribution >= 0.6 is 0 Å². The number of nitrogens with one attached hydrogen (secondary N) is 1. The van der Waals surface area contributed by atoms with Crippen LogP contribution in [0.3, 0.4) is 0 Å². The van der Waals surface area contributed by atoms with E-state index in [1.54, 1.807) is 30.4 Å². The van der Waals surface area contributed by atoms with Gasteiger partial charge in [-0.3, -0.25) is 9.36 Å². The molecule has 23 heavy (non-hydrogen) atoms. The lowest BCUT2D eigenvalue weighted by molar-refractivity contribution is 0.0598. The van der Waals surface area contributed by atoms with E-state index >= 15 is 0 Å². The number of carbonyl (C=O) groups is 1. The zero-order valence-electron chi connectivity index (χ0n) is 13.0. The normalized spacial score (nSPS) is 21.1. The van der Waals surface area contributed by atoms with E-state index in [-0.39, 0.29) is 29.5 Å². The first-order chi connectivity index (χ1) is 11.2. The van der Waals surface area contributed by atoms with Gasteiger partial charge >= 0.3 is 0 Å². The average Bonchev–Trinajstić information content (AvgIpc) is 3.09. The summed E-state index contributed by atoms with van der Waals surface area (Å²) in [7, 11) is 1.72. The topological polar surface area (TPSA) is 89.3 Å². The second-order valence-electron chi connectivity index (χ2n) is 5.72. The molecule has 0 radical (unpaired) electrons. The van der Waals surface area contributed by atoms with Gasteiger partial charge in [-0.2, -0.15) is 0 Å². The minimum atomic E-state index is -0.275. The Kier molecular flexibility index (Phi) is 4.57. The standard InChI is InChI=1S/C16H20N4O3/c1-23-13-4-2-11(3-5-13)18-16(22)14-8-12(21)9-15(19-14)20-7-6-17-10-20/h6-11,13H,2-5H2,1H3,(H,18,22)(H,19,21). The number of pyridine rings is 1. The zero-order valence-corrected chi connectivity index (χ0v) is 13.0. The largest absolute Gasteiger partial charge is 0.508 e. The van der Waals surface area contributed by atoms with Crippen LogP contribution in [0.2, 0.25) is 0 Å². The highest BCUT2D eigenvalue weighted by Gasteiger charge is 2.23. The average molecular weight is 316 g/mol. The summed E-state index contributed by atoms with van der Waals surface area (Å²) >= 11 is 0. The lowest BCUT2D eigenvalue weighted by atomic mass is 9.93. The predicted octanol–water partition coefficient (Wildman–Crippen LogP) is 1.66. The van der Waals surface area contributed by atoms with Crippen LogP contribution in [-0.2, 0) is 4.74 Å². The molecule has 0 unspecified atom stereocenters. The lowest BCUT2D eigenvalue weighted by Gasteiger charge is -2.28. The van der Waals surface area contributed by atoms with Crippen LogP contribution in [0.1, 0.15) is 36.2 Å². The Bertz CT molecular complexity index is 664. The summed E-state index contributed by atoms with van der Waals surface area (Å²) in [6.45, 7) is 0. The van der Waals surface area contributed by atoms with Crippen LogP contribution in [0.25, 0.3) is 5.82 Å². The number of amides is 1. The number of imidazole rings is 1. The summed E-state index contributed by atoms with van der Waals surface area (Å²) in [5.41, 5.74) is 0.197. The fourth-order valence-electron chi connectivity index (χ4n) is 2.85. The van der Waals surface area contributed by atoms with Gasteiger partial charge in [0.2, 0.25) is 0 Å². The fraction of sp³-hybridized carbons (Fsp3) is 0.438. The molecule has 0 spiro atoms. The van der Waals surface area contributed by atoms with Crippen molar-refractivity contribution < 1.29 is 14.6 Å². The summed E-state index contributed by atoms with van der Waals surface area (Å²) in [5.74, 6) is 0.177. The first-order valence-electron chi connectivity index (χ1n) is 7.68. The molecule has 1 fully saturated rings. The summed E-state index contributed by atoms with van der Waals surface area (Å²) in [5, 5.41) is 12.8. The minimum Gasteiger partial charge on any atom is -0.508 e. The highest BCUT2D eigenvalue weighted by atomic mass is 16.5. The number of hydrogen-bond acceptors (Lipinski definition) is 5. The molecule has 1 amide bonds.